The number of aromatic nitrogens is 4. The molecule has 0 saturated carbocycles. The number of nitrogens with one attached hydrogen (secondary N) is 1. The highest BCUT2D eigenvalue weighted by Crippen LogP contribution is 2.25. The Kier molecular flexibility index (Phi) is 4.19. The van der Waals surface area contributed by atoms with Gasteiger partial charge in [-0.1, -0.05) is 12.1 Å². The molecule has 0 saturated heterocycles. The Morgan fingerprint density at radius 2 is 1.61 bits per heavy atom. The number of hydrogen-bond donors (Lipinski definition) is 1. The maximum absolute atomic E-state index is 12.6. The molecule has 3 aromatic rings. The summed E-state index contributed by atoms with van der Waals surface area (Å²) < 4.78 is 1.54. The number of amides is 3. The molecule has 1 unspecified atom stereocenters. The van der Waals surface area contributed by atoms with Crippen LogP contribution in [0.25, 0.3) is 11.4 Å². The predicted molar refractivity (Wildman–Crippen MR) is 99.3 cm³/mol. The highest BCUT2D eigenvalue weighted by Gasteiger charge is 2.40. The summed E-state index contributed by atoms with van der Waals surface area (Å²) in [7, 11) is 1.73. The van der Waals surface area contributed by atoms with E-state index >= 15 is 0 Å². The third-order valence-electron chi connectivity index (χ3n) is 4.62. The zero-order chi connectivity index (χ0) is 19.8. The molecule has 28 heavy (non-hydrogen) atoms. The van der Waals surface area contributed by atoms with Gasteiger partial charge >= 0.3 is 0 Å². The molecule has 0 radical (unpaired) electrons. The molecule has 4 rings (SSSR count). The number of carbonyl (C=O) groups is 3. The van der Waals surface area contributed by atoms with E-state index in [9.17, 15) is 14.4 Å². The summed E-state index contributed by atoms with van der Waals surface area (Å²) in [5.74, 6) is -0.790. The Morgan fingerprint density at radius 3 is 2.14 bits per heavy atom. The van der Waals surface area contributed by atoms with Crippen LogP contribution in [0.4, 0.5) is 5.69 Å². The van der Waals surface area contributed by atoms with Crippen molar-refractivity contribution >= 4 is 23.4 Å². The van der Waals surface area contributed by atoms with Crippen LogP contribution in [0, 0.1) is 0 Å². The van der Waals surface area contributed by atoms with Crippen LogP contribution in [0.15, 0.2) is 48.5 Å². The zero-order valence-corrected chi connectivity index (χ0v) is 15.2. The van der Waals surface area contributed by atoms with Crippen molar-refractivity contribution in [2.75, 3.05) is 5.32 Å². The third kappa shape index (κ3) is 2.82. The minimum absolute atomic E-state index is 0.314. The minimum Gasteiger partial charge on any atom is -0.324 e. The maximum Gasteiger partial charge on any atom is 0.262 e. The first-order chi connectivity index (χ1) is 13.5. The lowest BCUT2D eigenvalue weighted by Crippen LogP contribution is -2.45. The highest BCUT2D eigenvalue weighted by molar-refractivity contribution is 6.23. The van der Waals surface area contributed by atoms with Crippen molar-refractivity contribution in [2.24, 2.45) is 7.05 Å². The molecule has 0 aliphatic carbocycles. The number of aryl methyl sites for hydroxylation is 1. The van der Waals surface area contributed by atoms with Gasteiger partial charge in [0.15, 0.2) is 5.82 Å². The summed E-state index contributed by atoms with van der Waals surface area (Å²) in [4.78, 5) is 38.6. The summed E-state index contributed by atoms with van der Waals surface area (Å²) in [6.45, 7) is 1.52. The van der Waals surface area contributed by atoms with Crippen LogP contribution < -0.4 is 5.32 Å². The fourth-order valence-electron chi connectivity index (χ4n) is 3.10. The molecule has 1 aromatic heterocycles. The van der Waals surface area contributed by atoms with Gasteiger partial charge in [0.1, 0.15) is 6.04 Å². The largest absolute Gasteiger partial charge is 0.324 e. The van der Waals surface area contributed by atoms with Crippen LogP contribution >= 0.6 is 0 Å². The van der Waals surface area contributed by atoms with Gasteiger partial charge < -0.3 is 5.32 Å². The van der Waals surface area contributed by atoms with Crippen molar-refractivity contribution in [1.29, 1.82) is 0 Å². The first kappa shape index (κ1) is 17.5. The zero-order valence-electron chi connectivity index (χ0n) is 15.2. The molecule has 1 aliphatic heterocycles. The molecule has 2 aromatic carbocycles. The summed E-state index contributed by atoms with van der Waals surface area (Å²) >= 11 is 0. The SMILES string of the molecule is CC(C(=O)Nc1ccc(-c2nnnn2C)cc1)N1C(=O)c2ccccc2C1=O. The molecule has 9 heteroatoms. The standard InChI is InChI=1S/C19H16N6O3/c1-11(25-18(27)14-5-3-4-6-15(14)19(25)28)17(26)20-13-9-7-12(8-10-13)16-21-22-23-24(16)2/h3-11H,1-2H3,(H,20,26). The lowest BCUT2D eigenvalue weighted by atomic mass is 10.1. The van der Waals surface area contributed by atoms with E-state index in [4.69, 9.17) is 0 Å². The van der Waals surface area contributed by atoms with Crippen molar-refractivity contribution in [1.82, 2.24) is 25.1 Å². The normalized spacial score (nSPS) is 14.1. The van der Waals surface area contributed by atoms with Gasteiger partial charge in [0.25, 0.3) is 11.8 Å². The summed E-state index contributed by atoms with van der Waals surface area (Å²) in [6, 6.07) is 12.5. The molecule has 0 fully saturated rings. The van der Waals surface area contributed by atoms with E-state index in [0.29, 0.717) is 22.6 Å². The second-order valence-electron chi connectivity index (χ2n) is 6.39. The lowest BCUT2D eigenvalue weighted by molar-refractivity contribution is -0.119. The highest BCUT2D eigenvalue weighted by atomic mass is 16.2. The summed E-state index contributed by atoms with van der Waals surface area (Å²) in [6.07, 6.45) is 0. The molecular weight excluding hydrogens is 360 g/mol. The number of carbonyl (C=O) groups excluding carboxylic acids is 3. The molecule has 9 nitrogen and oxygen atoms in total. The van der Waals surface area contributed by atoms with Crippen LogP contribution in [0.3, 0.4) is 0 Å². The second-order valence-corrected chi connectivity index (χ2v) is 6.39. The van der Waals surface area contributed by atoms with Gasteiger partial charge in [-0.3, -0.25) is 19.3 Å². The molecule has 1 N–H and O–H groups in total. The Bertz CT molecular complexity index is 1050. The predicted octanol–water partition coefficient (Wildman–Crippen LogP) is 1.50. The lowest BCUT2D eigenvalue weighted by Gasteiger charge is -2.21. The van der Waals surface area contributed by atoms with Gasteiger partial charge in [0.05, 0.1) is 11.1 Å². The average molecular weight is 376 g/mol. The molecule has 2 heterocycles. The van der Waals surface area contributed by atoms with E-state index in [2.05, 4.69) is 20.8 Å². The number of benzene rings is 2. The van der Waals surface area contributed by atoms with Crippen molar-refractivity contribution < 1.29 is 14.4 Å². The number of rotatable bonds is 4. The number of fused-ring (bicyclic) bond motifs is 1. The Morgan fingerprint density at radius 1 is 1.00 bits per heavy atom. The van der Waals surface area contributed by atoms with Gasteiger partial charge in [-0.05, 0) is 53.7 Å². The smallest absolute Gasteiger partial charge is 0.262 e. The first-order valence-electron chi connectivity index (χ1n) is 8.58. The second kappa shape index (κ2) is 6.69. The van der Waals surface area contributed by atoms with Crippen LogP contribution in [0.2, 0.25) is 0 Å². The maximum atomic E-state index is 12.6. The Balaban J connectivity index is 1.49. The number of tetrazole rings is 1. The minimum atomic E-state index is -0.949. The monoisotopic (exact) mass is 376 g/mol. The number of hydrogen-bond acceptors (Lipinski definition) is 6. The third-order valence-corrected chi connectivity index (χ3v) is 4.62. The van der Waals surface area contributed by atoms with Gasteiger partial charge in [0.2, 0.25) is 5.91 Å². The van der Waals surface area contributed by atoms with Crippen molar-refractivity contribution in [3.05, 3.63) is 59.7 Å². The van der Waals surface area contributed by atoms with E-state index in [1.807, 2.05) is 0 Å². The average Bonchev–Trinajstić information content (AvgIpc) is 3.24. The van der Waals surface area contributed by atoms with Crippen molar-refractivity contribution in [3.63, 3.8) is 0 Å². The van der Waals surface area contributed by atoms with Crippen molar-refractivity contribution in [2.45, 2.75) is 13.0 Å². The Hall–Kier alpha value is -3.88. The topological polar surface area (TPSA) is 110 Å². The van der Waals surface area contributed by atoms with Crippen LogP contribution in [-0.2, 0) is 11.8 Å². The van der Waals surface area contributed by atoms with E-state index in [-0.39, 0.29) is 0 Å². The molecule has 3 amide bonds. The summed E-state index contributed by atoms with van der Waals surface area (Å²) in [5, 5.41) is 14.0. The van der Waals surface area contributed by atoms with Gasteiger partial charge in [0, 0.05) is 18.3 Å². The van der Waals surface area contributed by atoms with E-state index in [1.165, 1.54) is 11.6 Å². The number of anilines is 1. The van der Waals surface area contributed by atoms with Crippen molar-refractivity contribution in [3.8, 4) is 11.4 Å². The van der Waals surface area contributed by atoms with Gasteiger partial charge in [-0.25, -0.2) is 4.68 Å². The fraction of sp³-hybridized carbons (Fsp3) is 0.158. The molecule has 1 aliphatic rings. The molecule has 140 valence electrons. The van der Waals surface area contributed by atoms with Crippen LogP contribution in [0.5, 0.6) is 0 Å². The summed E-state index contributed by atoms with van der Waals surface area (Å²) in [5.41, 5.74) is 1.95. The van der Waals surface area contributed by atoms with Crippen LogP contribution in [-0.4, -0.2) is 48.9 Å². The van der Waals surface area contributed by atoms with Gasteiger partial charge in [-0.15, -0.1) is 5.10 Å². The molecule has 0 spiro atoms. The number of nitrogens with zero attached hydrogens (tertiary/aromatic N) is 5. The molecular formula is C19H16N6O3. The fourth-order valence-corrected chi connectivity index (χ4v) is 3.10. The van der Waals surface area contributed by atoms with Gasteiger partial charge in [-0.2, -0.15) is 0 Å². The number of imide groups is 1. The molecule has 1 atom stereocenters. The Labute approximate surface area is 160 Å². The van der Waals surface area contributed by atoms with E-state index in [1.54, 1.807) is 55.6 Å². The molecule has 0 bridgehead atoms. The van der Waals surface area contributed by atoms with Crippen LogP contribution in [0.1, 0.15) is 27.6 Å². The quantitative estimate of drug-likeness (QED) is 0.691. The van der Waals surface area contributed by atoms with E-state index in [0.717, 1.165) is 10.5 Å². The first-order valence-corrected chi connectivity index (χ1v) is 8.58. The van der Waals surface area contributed by atoms with E-state index < -0.39 is 23.8 Å².